The number of nitrogen functional groups attached to an aromatic ring is 1. The van der Waals surface area contributed by atoms with E-state index in [2.05, 4.69) is 15.0 Å². The van der Waals surface area contributed by atoms with Gasteiger partial charge in [-0.1, -0.05) is 11.2 Å². The van der Waals surface area contributed by atoms with E-state index in [0.717, 1.165) is 0 Å². The number of carbonyl (C=O) groups excluding carboxylic acids is 1. The van der Waals surface area contributed by atoms with Gasteiger partial charge in [-0.25, -0.2) is 4.98 Å². The monoisotopic (exact) mass is 179 g/mol. The van der Waals surface area contributed by atoms with Gasteiger partial charge in [0.1, 0.15) is 12.9 Å². The van der Waals surface area contributed by atoms with E-state index in [1.165, 1.54) is 7.11 Å². The van der Waals surface area contributed by atoms with Crippen molar-refractivity contribution in [1.29, 1.82) is 0 Å². The number of carbonyl (C=O) groups is 1. The van der Waals surface area contributed by atoms with Crippen LogP contribution in [0.4, 0.5) is 5.82 Å². The molecule has 13 heavy (non-hydrogen) atoms. The molecule has 0 amide bonds. The molecule has 2 N–H and O–H groups in total. The van der Waals surface area contributed by atoms with Crippen molar-refractivity contribution < 1.29 is 9.63 Å². The average molecular weight is 179 g/mol. The van der Waals surface area contributed by atoms with Gasteiger partial charge in [-0.05, 0) is 12.1 Å². The van der Waals surface area contributed by atoms with Crippen molar-refractivity contribution in [1.82, 2.24) is 4.98 Å². The molecule has 0 aliphatic carbocycles. The summed E-state index contributed by atoms with van der Waals surface area (Å²) < 4.78 is 0. The Balaban J connectivity index is 3.05. The van der Waals surface area contributed by atoms with Crippen molar-refractivity contribution in [2.24, 2.45) is 5.16 Å². The first-order valence-electron chi connectivity index (χ1n) is 3.57. The summed E-state index contributed by atoms with van der Waals surface area (Å²) in [6.07, 6.45) is 0.561. The summed E-state index contributed by atoms with van der Waals surface area (Å²) in [5.74, 6) is 0.336. The summed E-state index contributed by atoms with van der Waals surface area (Å²) in [7, 11) is 1.36. The molecule has 1 heterocycles. The summed E-state index contributed by atoms with van der Waals surface area (Å²) >= 11 is 0. The number of oxime groups is 1. The highest BCUT2D eigenvalue weighted by atomic mass is 16.6. The van der Waals surface area contributed by atoms with E-state index >= 15 is 0 Å². The van der Waals surface area contributed by atoms with Gasteiger partial charge in [-0.2, -0.15) is 0 Å². The van der Waals surface area contributed by atoms with Crippen molar-refractivity contribution in [2.45, 2.75) is 0 Å². The van der Waals surface area contributed by atoms with Gasteiger partial charge in [-0.3, -0.25) is 4.79 Å². The lowest BCUT2D eigenvalue weighted by Crippen LogP contribution is -2.06. The molecule has 0 aromatic carbocycles. The summed E-state index contributed by atoms with van der Waals surface area (Å²) in [5.41, 5.74) is 5.94. The highest BCUT2D eigenvalue weighted by Gasteiger charge is 2.03. The van der Waals surface area contributed by atoms with E-state index < -0.39 is 0 Å². The lowest BCUT2D eigenvalue weighted by atomic mass is 10.2. The number of nitrogens with zero attached hydrogens (tertiary/aromatic N) is 2. The molecular formula is C8H9N3O2. The van der Waals surface area contributed by atoms with Crippen LogP contribution in [0.2, 0.25) is 0 Å². The summed E-state index contributed by atoms with van der Waals surface area (Å²) in [5, 5.41) is 3.48. The Hall–Kier alpha value is -1.91. The van der Waals surface area contributed by atoms with Gasteiger partial charge < -0.3 is 10.6 Å². The maximum atomic E-state index is 10.5. The highest BCUT2D eigenvalue weighted by Crippen LogP contribution is 2.01. The topological polar surface area (TPSA) is 77.6 Å². The third-order valence-corrected chi connectivity index (χ3v) is 1.33. The molecule has 5 nitrogen and oxygen atoms in total. The Morgan fingerprint density at radius 3 is 3.00 bits per heavy atom. The van der Waals surface area contributed by atoms with Crippen molar-refractivity contribution in [2.75, 3.05) is 12.8 Å². The van der Waals surface area contributed by atoms with Crippen molar-refractivity contribution in [3.05, 3.63) is 23.9 Å². The molecule has 68 valence electrons. The number of rotatable bonds is 3. The van der Waals surface area contributed by atoms with E-state index in [9.17, 15) is 4.79 Å². The summed E-state index contributed by atoms with van der Waals surface area (Å²) in [6, 6.07) is 4.94. The molecule has 1 rings (SSSR count). The molecule has 1 aromatic heterocycles. The van der Waals surface area contributed by atoms with Crippen molar-refractivity contribution >= 4 is 17.8 Å². The van der Waals surface area contributed by atoms with E-state index in [4.69, 9.17) is 5.73 Å². The molecule has 0 fully saturated rings. The second kappa shape index (κ2) is 4.20. The lowest BCUT2D eigenvalue weighted by molar-refractivity contribution is -0.102. The number of hydrogen-bond donors (Lipinski definition) is 1. The molecule has 0 saturated heterocycles. The zero-order chi connectivity index (χ0) is 9.68. The third-order valence-electron chi connectivity index (χ3n) is 1.33. The van der Waals surface area contributed by atoms with Crippen LogP contribution in [0.5, 0.6) is 0 Å². The molecule has 0 atom stereocenters. The number of nitrogens with two attached hydrogens (primary N) is 1. The first kappa shape index (κ1) is 9.18. The minimum absolute atomic E-state index is 0.120. The van der Waals surface area contributed by atoms with Crippen molar-refractivity contribution in [3.8, 4) is 0 Å². The van der Waals surface area contributed by atoms with Crippen LogP contribution in [-0.2, 0) is 9.63 Å². The van der Waals surface area contributed by atoms with Crippen LogP contribution < -0.4 is 5.73 Å². The molecule has 0 saturated carbocycles. The Kier molecular flexibility index (Phi) is 2.97. The van der Waals surface area contributed by atoms with Gasteiger partial charge in [0.15, 0.2) is 12.0 Å². The van der Waals surface area contributed by atoms with Crippen LogP contribution in [-0.4, -0.2) is 24.1 Å². The van der Waals surface area contributed by atoms with Crippen LogP contribution in [0.3, 0.4) is 0 Å². The number of anilines is 1. The molecule has 0 spiro atoms. The number of aromatic nitrogens is 1. The maximum absolute atomic E-state index is 10.5. The highest BCUT2D eigenvalue weighted by molar-refractivity contribution is 6.35. The minimum atomic E-state index is 0.120. The predicted molar refractivity (Wildman–Crippen MR) is 48.3 cm³/mol. The minimum Gasteiger partial charge on any atom is -0.398 e. The van der Waals surface area contributed by atoms with Crippen LogP contribution in [0.1, 0.15) is 5.69 Å². The standard InChI is InChI=1S/C8H9N3O2/c1-13-11-7(5-12)6-3-2-4-8(9)10-6/h2-5H,1H3,(H2,9,10). The molecular weight excluding hydrogens is 170 g/mol. The van der Waals surface area contributed by atoms with Gasteiger partial charge in [0.05, 0.1) is 5.69 Å². The van der Waals surface area contributed by atoms with Crippen LogP contribution in [0.25, 0.3) is 0 Å². The summed E-state index contributed by atoms with van der Waals surface area (Å²) in [6.45, 7) is 0. The number of pyridine rings is 1. The quantitative estimate of drug-likeness (QED) is 0.409. The molecule has 0 radical (unpaired) electrons. The Morgan fingerprint density at radius 2 is 2.46 bits per heavy atom. The van der Waals surface area contributed by atoms with E-state index in [1.54, 1.807) is 18.2 Å². The fourth-order valence-corrected chi connectivity index (χ4v) is 0.821. The molecule has 0 unspecified atom stereocenters. The number of hydrogen-bond acceptors (Lipinski definition) is 5. The fraction of sp³-hybridized carbons (Fsp3) is 0.125. The Bertz CT molecular complexity index is 336. The lowest BCUT2D eigenvalue weighted by Gasteiger charge is -1.98. The predicted octanol–water partition coefficient (Wildman–Crippen LogP) is 0.213. The fourth-order valence-electron chi connectivity index (χ4n) is 0.821. The second-order valence-electron chi connectivity index (χ2n) is 2.22. The smallest absolute Gasteiger partial charge is 0.174 e. The molecule has 1 aromatic rings. The number of aldehydes is 1. The van der Waals surface area contributed by atoms with E-state index in [1.807, 2.05) is 0 Å². The first-order valence-corrected chi connectivity index (χ1v) is 3.57. The largest absolute Gasteiger partial charge is 0.398 e. The van der Waals surface area contributed by atoms with Crippen LogP contribution in [0.15, 0.2) is 23.4 Å². The molecule has 0 aliphatic heterocycles. The normalized spacial score (nSPS) is 11.0. The zero-order valence-electron chi connectivity index (χ0n) is 7.10. The van der Waals surface area contributed by atoms with E-state index in [-0.39, 0.29) is 5.71 Å². The van der Waals surface area contributed by atoms with Gasteiger partial charge >= 0.3 is 0 Å². The van der Waals surface area contributed by atoms with Crippen LogP contribution >= 0.6 is 0 Å². The third kappa shape index (κ3) is 2.26. The molecule has 5 heteroatoms. The maximum Gasteiger partial charge on any atom is 0.174 e. The Labute approximate surface area is 75.2 Å². The summed E-state index contributed by atoms with van der Waals surface area (Å²) in [4.78, 5) is 18.9. The SMILES string of the molecule is CON=C(C=O)c1cccc(N)n1. The van der Waals surface area contributed by atoms with Crippen molar-refractivity contribution in [3.63, 3.8) is 0 Å². The zero-order valence-corrected chi connectivity index (χ0v) is 7.10. The molecule has 0 bridgehead atoms. The first-order chi connectivity index (χ1) is 6.27. The Morgan fingerprint density at radius 1 is 1.69 bits per heavy atom. The van der Waals surface area contributed by atoms with Crippen LogP contribution in [0, 0.1) is 0 Å². The van der Waals surface area contributed by atoms with Gasteiger partial charge in [0.25, 0.3) is 0 Å². The second-order valence-corrected chi connectivity index (χ2v) is 2.22. The molecule has 0 aliphatic rings. The van der Waals surface area contributed by atoms with Gasteiger partial charge in [0.2, 0.25) is 0 Å². The van der Waals surface area contributed by atoms with E-state index in [0.29, 0.717) is 17.8 Å². The van der Waals surface area contributed by atoms with Gasteiger partial charge in [0, 0.05) is 0 Å². The van der Waals surface area contributed by atoms with Gasteiger partial charge in [-0.15, -0.1) is 0 Å². The average Bonchev–Trinajstić information content (AvgIpc) is 2.14.